The molecule has 4 aliphatic rings. The fourth-order valence-electron chi connectivity index (χ4n) is 8.59. The van der Waals surface area contributed by atoms with E-state index in [1.165, 1.54) is 56.8 Å². The van der Waals surface area contributed by atoms with Crippen molar-refractivity contribution in [1.82, 2.24) is 0 Å². The van der Waals surface area contributed by atoms with Gasteiger partial charge in [-0.3, -0.25) is 0 Å². The first-order chi connectivity index (χ1) is 13.8. The van der Waals surface area contributed by atoms with Crippen molar-refractivity contribution in [1.29, 1.82) is 0 Å². The van der Waals surface area contributed by atoms with Crippen molar-refractivity contribution in [3.05, 3.63) is 11.6 Å². The van der Waals surface area contributed by atoms with Crippen LogP contribution in [0.15, 0.2) is 11.6 Å². The zero-order valence-electron chi connectivity index (χ0n) is 19.3. The zero-order valence-corrected chi connectivity index (χ0v) is 19.3. The van der Waals surface area contributed by atoms with Gasteiger partial charge in [0.05, 0.1) is 11.5 Å². The molecule has 2 nitrogen and oxygen atoms in total. The number of hydrogen-bond donors (Lipinski definition) is 1. The Morgan fingerprint density at radius 1 is 1.10 bits per heavy atom. The van der Waals surface area contributed by atoms with E-state index in [-0.39, 0.29) is 11.5 Å². The van der Waals surface area contributed by atoms with Gasteiger partial charge in [0, 0.05) is 0 Å². The first-order valence-electron chi connectivity index (χ1n) is 12.7. The third-order valence-electron chi connectivity index (χ3n) is 10.1. The van der Waals surface area contributed by atoms with Crippen LogP contribution in [0.5, 0.6) is 0 Å². The summed E-state index contributed by atoms with van der Waals surface area (Å²) in [5.41, 5.74) is 1.51. The van der Waals surface area contributed by atoms with Crippen LogP contribution in [0.2, 0.25) is 0 Å². The van der Waals surface area contributed by atoms with Gasteiger partial charge >= 0.3 is 0 Å². The minimum Gasteiger partial charge on any atom is -0.393 e. The van der Waals surface area contributed by atoms with Crippen molar-refractivity contribution in [3.8, 4) is 0 Å². The lowest BCUT2D eigenvalue weighted by molar-refractivity contribution is -0.127. The molecule has 0 aromatic rings. The highest BCUT2D eigenvalue weighted by Gasteiger charge is 2.60. The minimum atomic E-state index is -0.246. The van der Waals surface area contributed by atoms with Crippen LogP contribution in [0.4, 0.5) is 0 Å². The van der Waals surface area contributed by atoms with Crippen LogP contribution in [0.1, 0.15) is 98.3 Å². The summed E-state index contributed by atoms with van der Waals surface area (Å²) in [5, 5.41) is 10.2. The summed E-state index contributed by atoms with van der Waals surface area (Å²) in [6.07, 6.45) is 16.5. The van der Waals surface area contributed by atoms with E-state index < -0.39 is 0 Å². The normalized spacial score (nSPS) is 45.2. The molecule has 3 saturated carbocycles. The molecule has 3 fully saturated rings. The first kappa shape index (κ1) is 21.6. The smallest absolute Gasteiger partial charge is 0.130 e. The summed E-state index contributed by atoms with van der Waals surface area (Å²) in [6.45, 7) is 9.83. The number of hydrogen-bond acceptors (Lipinski definition) is 2. The third-order valence-corrected chi connectivity index (χ3v) is 10.1. The van der Waals surface area contributed by atoms with Crippen LogP contribution in [-0.2, 0) is 4.79 Å². The van der Waals surface area contributed by atoms with Crippen LogP contribution >= 0.6 is 0 Å². The Morgan fingerprint density at radius 3 is 2.62 bits per heavy atom. The van der Waals surface area contributed by atoms with Crippen LogP contribution in [-0.4, -0.2) is 17.5 Å². The molecular formula is C27H44O2. The maximum Gasteiger partial charge on any atom is 0.130 e. The molecule has 0 radical (unpaired) electrons. The molecule has 0 aromatic carbocycles. The quantitative estimate of drug-likeness (QED) is 0.404. The Hall–Kier alpha value is -0.630. The standard InChI is InChI=1S/C27H44O2/c1-18(2)6-5-7-19(3)23-10-11-24-22-9-8-20-16-21(29)12-15-27(20,17-28)25(22)13-14-26(23,24)4/h8,17-19,21-25,29H,5-7,9-16H2,1-4H3/t19-,21-,22+,23+,24+,25+,26-,27-/m1/s1. The van der Waals surface area contributed by atoms with Gasteiger partial charge in [-0.05, 0) is 92.3 Å². The molecule has 0 aliphatic heterocycles. The molecule has 0 bridgehead atoms. The second kappa shape index (κ2) is 8.13. The summed E-state index contributed by atoms with van der Waals surface area (Å²) >= 11 is 0. The predicted octanol–water partition coefficient (Wildman–Crippen LogP) is 6.57. The topological polar surface area (TPSA) is 37.3 Å². The van der Waals surface area contributed by atoms with Crippen molar-refractivity contribution in [2.45, 2.75) is 104 Å². The van der Waals surface area contributed by atoms with E-state index >= 15 is 0 Å². The fraction of sp³-hybridized carbons (Fsp3) is 0.889. The van der Waals surface area contributed by atoms with Crippen molar-refractivity contribution < 1.29 is 9.90 Å². The van der Waals surface area contributed by atoms with Gasteiger partial charge in [0.2, 0.25) is 0 Å². The summed E-state index contributed by atoms with van der Waals surface area (Å²) in [7, 11) is 0. The summed E-state index contributed by atoms with van der Waals surface area (Å²) < 4.78 is 0. The Labute approximate surface area is 178 Å². The monoisotopic (exact) mass is 400 g/mol. The Morgan fingerprint density at radius 2 is 1.90 bits per heavy atom. The van der Waals surface area contributed by atoms with Crippen molar-refractivity contribution in [2.75, 3.05) is 0 Å². The largest absolute Gasteiger partial charge is 0.393 e. The second-order valence-electron chi connectivity index (χ2n) is 11.9. The molecule has 0 heterocycles. The number of aliphatic hydroxyl groups is 1. The molecule has 4 aliphatic carbocycles. The van der Waals surface area contributed by atoms with Gasteiger partial charge in [0.15, 0.2) is 0 Å². The summed E-state index contributed by atoms with van der Waals surface area (Å²) in [5.74, 6) is 4.53. The number of aldehydes is 1. The van der Waals surface area contributed by atoms with E-state index in [2.05, 4.69) is 33.8 Å². The lowest BCUT2D eigenvalue weighted by Crippen LogP contribution is -2.52. The fourth-order valence-corrected chi connectivity index (χ4v) is 8.59. The number of carbonyl (C=O) groups excluding carboxylic acids is 1. The third kappa shape index (κ3) is 3.56. The number of allylic oxidation sites excluding steroid dienone is 1. The molecule has 1 N–H and O–H groups in total. The van der Waals surface area contributed by atoms with Crippen molar-refractivity contribution >= 4 is 6.29 Å². The van der Waals surface area contributed by atoms with Crippen LogP contribution < -0.4 is 0 Å². The molecule has 4 rings (SSSR count). The zero-order chi connectivity index (χ0) is 20.8. The van der Waals surface area contributed by atoms with E-state index in [0.29, 0.717) is 17.3 Å². The molecule has 8 atom stereocenters. The van der Waals surface area contributed by atoms with Gasteiger partial charge in [0.25, 0.3) is 0 Å². The second-order valence-corrected chi connectivity index (χ2v) is 11.9. The number of fused-ring (bicyclic) bond motifs is 5. The first-order valence-corrected chi connectivity index (χ1v) is 12.7. The van der Waals surface area contributed by atoms with Gasteiger partial charge in [-0.1, -0.05) is 58.6 Å². The van der Waals surface area contributed by atoms with E-state index in [9.17, 15) is 9.90 Å². The maximum atomic E-state index is 12.5. The van der Waals surface area contributed by atoms with E-state index in [0.717, 1.165) is 49.4 Å². The maximum absolute atomic E-state index is 12.5. The van der Waals surface area contributed by atoms with E-state index in [4.69, 9.17) is 0 Å². The molecule has 2 heteroatoms. The highest BCUT2D eigenvalue weighted by atomic mass is 16.3. The van der Waals surface area contributed by atoms with Crippen LogP contribution in [0.25, 0.3) is 0 Å². The molecule has 164 valence electrons. The highest BCUT2D eigenvalue weighted by Crippen LogP contribution is 2.67. The molecule has 0 aromatic heterocycles. The highest BCUT2D eigenvalue weighted by molar-refractivity contribution is 5.67. The molecule has 29 heavy (non-hydrogen) atoms. The summed E-state index contributed by atoms with van der Waals surface area (Å²) in [4.78, 5) is 12.5. The average molecular weight is 401 g/mol. The predicted molar refractivity (Wildman–Crippen MR) is 119 cm³/mol. The van der Waals surface area contributed by atoms with E-state index in [1.54, 1.807) is 0 Å². The lowest BCUT2D eigenvalue weighted by Gasteiger charge is -2.57. The number of carbonyl (C=O) groups is 1. The Kier molecular flexibility index (Phi) is 6.06. The molecular weight excluding hydrogens is 356 g/mol. The molecule has 0 spiro atoms. The van der Waals surface area contributed by atoms with Gasteiger partial charge in [-0.25, -0.2) is 0 Å². The van der Waals surface area contributed by atoms with Crippen LogP contribution in [0.3, 0.4) is 0 Å². The van der Waals surface area contributed by atoms with Gasteiger partial charge in [-0.2, -0.15) is 0 Å². The average Bonchev–Trinajstić information content (AvgIpc) is 3.04. The van der Waals surface area contributed by atoms with E-state index in [1.807, 2.05) is 0 Å². The number of rotatable bonds is 6. The van der Waals surface area contributed by atoms with Gasteiger partial charge in [-0.15, -0.1) is 0 Å². The lowest BCUT2D eigenvalue weighted by atomic mass is 9.46. The Balaban J connectivity index is 1.52. The number of aliphatic hydroxyl groups excluding tert-OH is 1. The van der Waals surface area contributed by atoms with Crippen molar-refractivity contribution in [2.24, 2.45) is 46.3 Å². The Bertz CT molecular complexity index is 636. The summed E-state index contributed by atoms with van der Waals surface area (Å²) in [6, 6.07) is 0. The SMILES string of the molecule is CC(C)CCC[C@@H](C)[C@@H]1CC[C@H]2[C@@H]3CC=C4C[C@H](O)CC[C@]4(C=O)[C@H]3CC[C@@]21C. The minimum absolute atomic E-state index is 0.234. The van der Waals surface area contributed by atoms with Gasteiger partial charge in [0.1, 0.15) is 6.29 Å². The molecule has 0 amide bonds. The van der Waals surface area contributed by atoms with Gasteiger partial charge < -0.3 is 9.90 Å². The van der Waals surface area contributed by atoms with Crippen LogP contribution in [0, 0.1) is 46.3 Å². The molecule has 0 unspecified atom stereocenters. The molecule has 0 saturated heterocycles. The van der Waals surface area contributed by atoms with Crippen molar-refractivity contribution in [3.63, 3.8) is 0 Å².